The summed E-state index contributed by atoms with van der Waals surface area (Å²) in [5.41, 5.74) is 5.83. The molecule has 126 valence electrons. The third kappa shape index (κ3) is 2.98. The number of Topliss-reactive ketones (excluding diaryl/α,β-unsaturated/α-hetero) is 1. The minimum atomic E-state index is -1.09. The first-order valence-electron chi connectivity index (χ1n) is 7.13. The normalized spacial score (nSPS) is 10.5. The van der Waals surface area contributed by atoms with Gasteiger partial charge in [0, 0.05) is 19.8 Å². The number of nitrogens with one attached hydrogen (secondary N) is 1. The number of aryl methyl sites for hydroxylation is 2. The summed E-state index contributed by atoms with van der Waals surface area (Å²) in [7, 11) is 2.53. The first-order valence-corrected chi connectivity index (χ1v) is 7.13. The van der Waals surface area contributed by atoms with Gasteiger partial charge in [-0.15, -0.1) is 0 Å². The van der Waals surface area contributed by atoms with E-state index in [0.717, 1.165) is 20.3 Å². The second-order valence-electron chi connectivity index (χ2n) is 5.63. The zero-order valence-corrected chi connectivity index (χ0v) is 13.8. The van der Waals surface area contributed by atoms with Crippen molar-refractivity contribution in [3.63, 3.8) is 0 Å². The first-order chi connectivity index (χ1) is 11.1. The Hall–Kier alpha value is -3.16. The summed E-state index contributed by atoms with van der Waals surface area (Å²) in [6, 6.07) is 5.30. The van der Waals surface area contributed by atoms with Crippen LogP contribution in [0.5, 0.6) is 0 Å². The lowest BCUT2D eigenvalue weighted by molar-refractivity contribution is -0.112. The molecule has 0 saturated carbocycles. The van der Waals surface area contributed by atoms with Crippen LogP contribution in [0.1, 0.15) is 21.5 Å². The molecule has 0 aliphatic carbocycles. The summed E-state index contributed by atoms with van der Waals surface area (Å²) in [5.74, 6) is -2.44. The summed E-state index contributed by atoms with van der Waals surface area (Å²) in [5, 5.41) is 2.45. The molecule has 1 aromatic carbocycles. The van der Waals surface area contributed by atoms with E-state index in [0.29, 0.717) is 5.69 Å². The zero-order chi connectivity index (χ0) is 18.2. The Labute approximate surface area is 137 Å². The predicted molar refractivity (Wildman–Crippen MR) is 90.2 cm³/mol. The number of aromatic nitrogens is 2. The smallest absolute Gasteiger partial charge is 0.332 e. The maximum Gasteiger partial charge on any atom is 0.332 e. The van der Waals surface area contributed by atoms with E-state index in [1.807, 2.05) is 19.9 Å². The third-order valence-electron chi connectivity index (χ3n) is 3.62. The van der Waals surface area contributed by atoms with Crippen LogP contribution >= 0.6 is 0 Å². The molecule has 3 N–H and O–H groups in total. The van der Waals surface area contributed by atoms with Crippen molar-refractivity contribution in [2.24, 2.45) is 14.1 Å². The lowest BCUT2D eigenvalue weighted by Gasteiger charge is -2.11. The molecule has 24 heavy (non-hydrogen) atoms. The van der Waals surface area contributed by atoms with Crippen molar-refractivity contribution in [3.8, 4) is 0 Å². The van der Waals surface area contributed by atoms with Crippen LogP contribution in [0.4, 0.5) is 11.5 Å². The van der Waals surface area contributed by atoms with Gasteiger partial charge in [0.15, 0.2) is 0 Å². The number of anilines is 2. The fraction of sp³-hybridized carbons (Fsp3) is 0.250. The molecule has 1 heterocycles. The summed E-state index contributed by atoms with van der Waals surface area (Å²) >= 11 is 0. The molecule has 2 aromatic rings. The van der Waals surface area contributed by atoms with Gasteiger partial charge in [0.1, 0.15) is 11.4 Å². The molecule has 0 spiro atoms. The molecular formula is C16H18N4O4. The van der Waals surface area contributed by atoms with Crippen LogP contribution in [-0.2, 0) is 18.9 Å². The monoisotopic (exact) mass is 330 g/mol. The Morgan fingerprint density at radius 2 is 1.54 bits per heavy atom. The second-order valence-corrected chi connectivity index (χ2v) is 5.63. The van der Waals surface area contributed by atoms with Gasteiger partial charge in [-0.3, -0.25) is 23.5 Å². The molecule has 0 saturated heterocycles. The Kier molecular flexibility index (Phi) is 4.41. The van der Waals surface area contributed by atoms with Crippen molar-refractivity contribution in [2.45, 2.75) is 13.8 Å². The zero-order valence-electron chi connectivity index (χ0n) is 13.8. The molecule has 1 aromatic heterocycles. The summed E-state index contributed by atoms with van der Waals surface area (Å²) in [6.07, 6.45) is 0. The Balaban J connectivity index is 2.44. The number of carbonyl (C=O) groups excluding carboxylic acids is 2. The number of ketones is 1. The van der Waals surface area contributed by atoms with Crippen molar-refractivity contribution >= 4 is 23.2 Å². The summed E-state index contributed by atoms with van der Waals surface area (Å²) < 4.78 is 1.67. The van der Waals surface area contributed by atoms with Gasteiger partial charge in [0.05, 0.1) is 0 Å². The molecule has 0 bridgehead atoms. The van der Waals surface area contributed by atoms with Crippen molar-refractivity contribution in [2.75, 3.05) is 11.1 Å². The van der Waals surface area contributed by atoms with Crippen molar-refractivity contribution in [3.05, 3.63) is 55.7 Å². The molecule has 0 atom stereocenters. The SMILES string of the molecule is Cc1cc(C)cc(NC(=O)C(=O)c2c(N)n(C)c(=O)n(C)c2=O)c1. The van der Waals surface area contributed by atoms with Crippen LogP contribution in [0.3, 0.4) is 0 Å². The van der Waals surface area contributed by atoms with Crippen LogP contribution in [0, 0.1) is 13.8 Å². The topological polar surface area (TPSA) is 116 Å². The van der Waals surface area contributed by atoms with Gasteiger partial charge in [-0.25, -0.2) is 4.79 Å². The fourth-order valence-electron chi connectivity index (χ4n) is 2.42. The Bertz CT molecular complexity index is 949. The third-order valence-corrected chi connectivity index (χ3v) is 3.62. The first kappa shape index (κ1) is 17.2. The molecule has 0 fully saturated rings. The number of hydrogen-bond donors (Lipinski definition) is 2. The van der Waals surface area contributed by atoms with Gasteiger partial charge in [-0.05, 0) is 37.1 Å². The van der Waals surface area contributed by atoms with Gasteiger partial charge in [-0.2, -0.15) is 0 Å². The molecule has 8 nitrogen and oxygen atoms in total. The lowest BCUT2D eigenvalue weighted by Crippen LogP contribution is -2.43. The quantitative estimate of drug-likeness (QED) is 0.612. The minimum absolute atomic E-state index is 0.344. The highest BCUT2D eigenvalue weighted by atomic mass is 16.2. The molecule has 8 heteroatoms. The predicted octanol–water partition coefficient (Wildman–Crippen LogP) is 0.104. The number of hydrogen-bond acceptors (Lipinski definition) is 5. The Morgan fingerprint density at radius 3 is 2.08 bits per heavy atom. The van der Waals surface area contributed by atoms with Crippen molar-refractivity contribution in [1.82, 2.24) is 9.13 Å². The van der Waals surface area contributed by atoms with Crippen molar-refractivity contribution < 1.29 is 9.59 Å². The highest BCUT2D eigenvalue weighted by Gasteiger charge is 2.26. The van der Waals surface area contributed by atoms with Gasteiger partial charge < -0.3 is 11.1 Å². The van der Waals surface area contributed by atoms with E-state index < -0.39 is 28.5 Å². The number of amides is 1. The van der Waals surface area contributed by atoms with E-state index in [2.05, 4.69) is 5.32 Å². The van der Waals surface area contributed by atoms with Gasteiger partial charge in [0.2, 0.25) is 0 Å². The van der Waals surface area contributed by atoms with Gasteiger partial charge >= 0.3 is 5.69 Å². The number of benzene rings is 1. The van der Waals surface area contributed by atoms with Crippen LogP contribution in [0.25, 0.3) is 0 Å². The largest absolute Gasteiger partial charge is 0.384 e. The van der Waals surface area contributed by atoms with E-state index >= 15 is 0 Å². The van der Waals surface area contributed by atoms with E-state index in [4.69, 9.17) is 5.73 Å². The van der Waals surface area contributed by atoms with Crippen LogP contribution in [0.2, 0.25) is 0 Å². The number of nitrogens with two attached hydrogens (primary N) is 1. The highest BCUT2D eigenvalue weighted by Crippen LogP contribution is 2.14. The van der Waals surface area contributed by atoms with E-state index in [1.165, 1.54) is 14.1 Å². The maximum atomic E-state index is 12.4. The van der Waals surface area contributed by atoms with Gasteiger partial charge in [-0.1, -0.05) is 6.07 Å². The number of nitrogens with zero attached hydrogens (tertiary/aromatic N) is 2. The van der Waals surface area contributed by atoms with E-state index in [9.17, 15) is 19.2 Å². The van der Waals surface area contributed by atoms with Crippen LogP contribution < -0.4 is 22.3 Å². The van der Waals surface area contributed by atoms with Gasteiger partial charge in [0.25, 0.3) is 17.2 Å². The van der Waals surface area contributed by atoms with E-state index in [-0.39, 0.29) is 5.82 Å². The average Bonchev–Trinajstić information content (AvgIpc) is 2.50. The lowest BCUT2D eigenvalue weighted by atomic mass is 10.1. The standard InChI is InChI=1S/C16H18N4O4/c1-8-5-9(2)7-10(6-8)18-14(22)12(21)11-13(17)19(3)16(24)20(4)15(11)23/h5-7H,17H2,1-4H3,(H,18,22). The van der Waals surface area contributed by atoms with Crippen LogP contribution in [0.15, 0.2) is 27.8 Å². The molecule has 0 aliphatic rings. The highest BCUT2D eigenvalue weighted by molar-refractivity contribution is 6.47. The Morgan fingerprint density at radius 1 is 1.00 bits per heavy atom. The number of nitrogen functional groups attached to an aromatic ring is 1. The minimum Gasteiger partial charge on any atom is -0.384 e. The fourth-order valence-corrected chi connectivity index (χ4v) is 2.42. The second kappa shape index (κ2) is 6.15. The number of rotatable bonds is 3. The molecular weight excluding hydrogens is 312 g/mol. The molecule has 0 aliphatic heterocycles. The molecule has 2 rings (SSSR count). The molecule has 0 radical (unpaired) electrons. The van der Waals surface area contributed by atoms with E-state index in [1.54, 1.807) is 12.1 Å². The summed E-state index contributed by atoms with van der Waals surface area (Å²) in [4.78, 5) is 48.4. The molecule has 0 unspecified atom stereocenters. The van der Waals surface area contributed by atoms with Crippen LogP contribution in [-0.4, -0.2) is 20.8 Å². The molecule has 1 amide bonds. The summed E-state index contributed by atoms with van der Waals surface area (Å²) in [6.45, 7) is 3.70. The average molecular weight is 330 g/mol. The van der Waals surface area contributed by atoms with Crippen molar-refractivity contribution in [1.29, 1.82) is 0 Å². The maximum absolute atomic E-state index is 12.4. The number of carbonyl (C=O) groups is 2.